The van der Waals surface area contributed by atoms with Crippen LogP contribution in [0.1, 0.15) is 32.1 Å². The first-order valence-corrected chi connectivity index (χ1v) is 11.0. The molecule has 3 heterocycles. The van der Waals surface area contributed by atoms with Crippen molar-refractivity contribution in [3.8, 4) is 17.1 Å². The number of fused-ring (bicyclic) bond motifs is 1. The molecule has 1 amide bonds. The van der Waals surface area contributed by atoms with Gasteiger partial charge in [-0.1, -0.05) is 12.8 Å². The van der Waals surface area contributed by atoms with Crippen molar-refractivity contribution in [2.24, 2.45) is 0 Å². The van der Waals surface area contributed by atoms with Gasteiger partial charge >= 0.3 is 0 Å². The lowest BCUT2D eigenvalue weighted by molar-refractivity contribution is -0.129. The van der Waals surface area contributed by atoms with Gasteiger partial charge in [-0.3, -0.25) is 10.0 Å². The van der Waals surface area contributed by atoms with E-state index < -0.39 is 11.6 Å². The second-order valence-electron chi connectivity index (χ2n) is 7.95. The van der Waals surface area contributed by atoms with E-state index in [2.05, 4.69) is 9.88 Å². The number of imidazole rings is 1. The fourth-order valence-electron chi connectivity index (χ4n) is 3.85. The molecule has 1 saturated heterocycles. The average molecular weight is 458 g/mol. The number of amides is 1. The third-order valence-corrected chi connectivity index (χ3v) is 5.64. The normalized spacial score (nSPS) is 14.1. The van der Waals surface area contributed by atoms with E-state index >= 15 is 0 Å². The minimum absolute atomic E-state index is 0.300. The Morgan fingerprint density at radius 2 is 1.94 bits per heavy atom. The van der Waals surface area contributed by atoms with Gasteiger partial charge in [-0.2, -0.15) is 0 Å². The third kappa shape index (κ3) is 5.37. The summed E-state index contributed by atoms with van der Waals surface area (Å²) in [4.78, 5) is 27.2. The van der Waals surface area contributed by atoms with E-state index in [4.69, 9.17) is 19.9 Å². The van der Waals surface area contributed by atoms with Crippen molar-refractivity contribution in [3.05, 3.63) is 30.3 Å². The van der Waals surface area contributed by atoms with Gasteiger partial charge in [-0.25, -0.2) is 24.8 Å². The molecule has 1 aliphatic rings. The van der Waals surface area contributed by atoms with Crippen molar-refractivity contribution >= 4 is 22.9 Å². The number of benzene rings is 1. The predicted molar refractivity (Wildman–Crippen MR) is 118 cm³/mol. The van der Waals surface area contributed by atoms with Crippen molar-refractivity contribution in [1.82, 2.24) is 25.0 Å². The van der Waals surface area contributed by atoms with Gasteiger partial charge < -0.3 is 19.3 Å². The molecule has 0 radical (unpaired) electrons. The number of aryl methyl sites for hydroxylation is 1. The number of aromatic hydroxyl groups is 1. The molecule has 10 nitrogen and oxygen atoms in total. The number of carbonyl (C=O) groups is 1. The lowest BCUT2D eigenvalue weighted by Gasteiger charge is -2.28. The molecule has 3 N–H and O–H groups in total. The Bertz CT molecular complexity index is 1120. The van der Waals surface area contributed by atoms with E-state index in [0.29, 0.717) is 74.1 Å². The molecule has 11 heteroatoms. The molecule has 3 aromatic rings. The van der Waals surface area contributed by atoms with Gasteiger partial charge in [-0.05, 0) is 31.0 Å². The highest BCUT2D eigenvalue weighted by atomic mass is 19.1. The highest BCUT2D eigenvalue weighted by Crippen LogP contribution is 2.29. The number of anilines is 1. The van der Waals surface area contributed by atoms with E-state index in [-0.39, 0.29) is 5.91 Å². The number of hydroxylamine groups is 1. The summed E-state index contributed by atoms with van der Waals surface area (Å²) in [6.45, 7) is 3.22. The zero-order chi connectivity index (χ0) is 23.2. The summed E-state index contributed by atoms with van der Waals surface area (Å²) >= 11 is 0. The standard InChI is InChI=1S/C22H27FN6O4/c23-16-7-6-15(13-17(16)30)20-25-21(28-9-11-33-12-10-28)19-22(26-20)29(14-24-19)8-4-2-1-3-5-18(31)27-32/h6-7,13-14,30,32H,1-5,8-12H2,(H,27,31). The Morgan fingerprint density at radius 1 is 1.15 bits per heavy atom. The Kier molecular flexibility index (Phi) is 7.30. The summed E-state index contributed by atoms with van der Waals surface area (Å²) in [6, 6.07) is 4.06. The SMILES string of the molecule is O=C(CCCCCCn1cnc2c(N3CCOCC3)nc(-c3ccc(F)c(O)c3)nc21)NO. The van der Waals surface area contributed by atoms with Gasteiger partial charge in [-0.15, -0.1) is 0 Å². The first-order chi connectivity index (χ1) is 16.1. The maximum Gasteiger partial charge on any atom is 0.243 e. The lowest BCUT2D eigenvalue weighted by Crippen LogP contribution is -2.37. The van der Waals surface area contributed by atoms with Gasteiger partial charge in [0.05, 0.1) is 19.5 Å². The number of hydrogen-bond acceptors (Lipinski definition) is 8. The van der Waals surface area contributed by atoms with Gasteiger partial charge in [0.25, 0.3) is 0 Å². The minimum atomic E-state index is -0.699. The molecule has 0 spiro atoms. The van der Waals surface area contributed by atoms with E-state index in [9.17, 15) is 14.3 Å². The first-order valence-electron chi connectivity index (χ1n) is 11.0. The smallest absolute Gasteiger partial charge is 0.243 e. The molecule has 0 atom stereocenters. The summed E-state index contributed by atoms with van der Waals surface area (Å²) in [5.41, 5.74) is 3.51. The highest BCUT2D eigenvalue weighted by molar-refractivity contribution is 5.86. The van der Waals surface area contributed by atoms with Crippen LogP contribution in [0.25, 0.3) is 22.6 Å². The Morgan fingerprint density at radius 3 is 2.70 bits per heavy atom. The number of hydrogen-bond donors (Lipinski definition) is 3. The van der Waals surface area contributed by atoms with Gasteiger partial charge in [0, 0.05) is 31.6 Å². The van der Waals surface area contributed by atoms with Crippen molar-refractivity contribution in [2.75, 3.05) is 31.2 Å². The number of nitrogens with zero attached hydrogens (tertiary/aromatic N) is 5. The number of phenolic OH excluding ortho intramolecular Hbond substituents is 1. The summed E-state index contributed by atoms with van der Waals surface area (Å²) in [6.07, 6.45) is 5.41. The van der Waals surface area contributed by atoms with Crippen LogP contribution in [0.15, 0.2) is 24.5 Å². The summed E-state index contributed by atoms with van der Waals surface area (Å²) in [5, 5.41) is 18.4. The number of aromatic nitrogens is 4. The fraction of sp³-hybridized carbons (Fsp3) is 0.455. The number of nitrogens with one attached hydrogen (secondary N) is 1. The van der Waals surface area contributed by atoms with Crippen LogP contribution in [0.3, 0.4) is 0 Å². The maximum atomic E-state index is 13.6. The molecule has 4 rings (SSSR count). The van der Waals surface area contributed by atoms with Crippen LogP contribution in [0.4, 0.5) is 10.2 Å². The lowest BCUT2D eigenvalue weighted by atomic mass is 10.1. The number of phenols is 1. The number of unbranched alkanes of at least 4 members (excludes halogenated alkanes) is 3. The molecule has 2 aromatic heterocycles. The van der Waals surface area contributed by atoms with Crippen molar-refractivity contribution < 1.29 is 24.2 Å². The van der Waals surface area contributed by atoms with Crippen LogP contribution in [0.2, 0.25) is 0 Å². The number of carbonyl (C=O) groups excluding carboxylic acids is 1. The van der Waals surface area contributed by atoms with Crippen molar-refractivity contribution in [3.63, 3.8) is 0 Å². The summed E-state index contributed by atoms with van der Waals surface area (Å²) in [5.74, 6) is -0.448. The third-order valence-electron chi connectivity index (χ3n) is 5.64. The van der Waals surface area contributed by atoms with E-state index in [1.54, 1.807) is 17.9 Å². The molecule has 176 valence electrons. The Balaban J connectivity index is 1.58. The molecule has 0 saturated carbocycles. The molecule has 0 unspecified atom stereocenters. The van der Waals surface area contributed by atoms with E-state index in [0.717, 1.165) is 19.3 Å². The van der Waals surface area contributed by atoms with Crippen molar-refractivity contribution in [2.45, 2.75) is 38.6 Å². The second kappa shape index (κ2) is 10.5. The van der Waals surface area contributed by atoms with Crippen LogP contribution in [-0.4, -0.2) is 62.0 Å². The Hall–Kier alpha value is -3.31. The molecule has 1 aromatic carbocycles. The summed E-state index contributed by atoms with van der Waals surface area (Å²) in [7, 11) is 0. The first kappa shape index (κ1) is 22.9. The van der Waals surface area contributed by atoms with Gasteiger partial charge in [0.1, 0.15) is 0 Å². The van der Waals surface area contributed by atoms with Gasteiger partial charge in [0.2, 0.25) is 5.91 Å². The number of halogens is 1. The van der Waals surface area contributed by atoms with Crippen LogP contribution in [0.5, 0.6) is 5.75 Å². The number of morpholine rings is 1. The van der Waals surface area contributed by atoms with Crippen LogP contribution in [-0.2, 0) is 16.1 Å². The fourth-order valence-corrected chi connectivity index (χ4v) is 3.85. The van der Waals surface area contributed by atoms with Crippen LogP contribution < -0.4 is 10.4 Å². The minimum Gasteiger partial charge on any atom is -0.505 e. The summed E-state index contributed by atoms with van der Waals surface area (Å²) < 4.78 is 21.0. The zero-order valence-corrected chi connectivity index (χ0v) is 18.2. The molecule has 0 bridgehead atoms. The highest BCUT2D eigenvalue weighted by Gasteiger charge is 2.21. The van der Waals surface area contributed by atoms with E-state index in [1.165, 1.54) is 12.1 Å². The second-order valence-corrected chi connectivity index (χ2v) is 7.95. The maximum absolute atomic E-state index is 13.6. The van der Waals surface area contributed by atoms with Crippen LogP contribution >= 0.6 is 0 Å². The predicted octanol–water partition coefficient (Wildman–Crippen LogP) is 2.63. The molecule has 0 aliphatic carbocycles. The van der Waals surface area contributed by atoms with Crippen LogP contribution in [0, 0.1) is 5.82 Å². The van der Waals surface area contributed by atoms with E-state index in [1.807, 2.05) is 4.57 Å². The quantitative estimate of drug-likeness (QED) is 0.254. The Labute approximate surface area is 190 Å². The largest absolute Gasteiger partial charge is 0.505 e. The van der Waals surface area contributed by atoms with Crippen molar-refractivity contribution in [1.29, 1.82) is 0 Å². The molecular weight excluding hydrogens is 431 g/mol. The average Bonchev–Trinajstić information content (AvgIpc) is 3.25. The molecule has 1 fully saturated rings. The molecule has 33 heavy (non-hydrogen) atoms. The monoisotopic (exact) mass is 458 g/mol. The number of ether oxygens (including phenoxy) is 1. The number of rotatable bonds is 9. The zero-order valence-electron chi connectivity index (χ0n) is 18.2. The molecule has 1 aliphatic heterocycles. The molecular formula is C22H27FN6O4. The topological polar surface area (TPSA) is 126 Å². The van der Waals surface area contributed by atoms with Gasteiger partial charge in [0.15, 0.2) is 34.4 Å².